The summed E-state index contributed by atoms with van der Waals surface area (Å²) in [5.74, 6) is 0.0451. The van der Waals surface area contributed by atoms with Crippen molar-refractivity contribution in [2.75, 3.05) is 0 Å². The molecule has 1 heterocycles. The Kier molecular flexibility index (Phi) is 5.31. The smallest absolute Gasteiger partial charge is 0.307 e. The maximum Gasteiger partial charge on any atom is 0.328 e. The standard InChI is InChI=1S/C17H22N2O3/c1-3-4-5-6-9-19-16(21)14-11-13(10-12(2)20)7-8-15(14)18-17(19)22/h7-8,11H,3-6,9-10H2,1-2H3,(H,18,22). The lowest BCUT2D eigenvalue weighted by atomic mass is 10.1. The van der Waals surface area contributed by atoms with Crippen molar-refractivity contribution < 1.29 is 4.79 Å². The normalized spacial score (nSPS) is 11.0. The number of aromatic amines is 1. The van der Waals surface area contributed by atoms with Crippen LogP contribution in [0.3, 0.4) is 0 Å². The third-order valence-electron chi connectivity index (χ3n) is 3.73. The molecule has 0 aliphatic carbocycles. The van der Waals surface area contributed by atoms with Gasteiger partial charge in [0.1, 0.15) is 5.78 Å². The molecule has 0 aliphatic rings. The van der Waals surface area contributed by atoms with E-state index in [1.807, 2.05) is 0 Å². The van der Waals surface area contributed by atoms with Gasteiger partial charge in [-0.3, -0.25) is 14.2 Å². The fraction of sp³-hybridized carbons (Fsp3) is 0.471. The van der Waals surface area contributed by atoms with E-state index in [4.69, 9.17) is 0 Å². The van der Waals surface area contributed by atoms with Crippen molar-refractivity contribution in [1.82, 2.24) is 9.55 Å². The second kappa shape index (κ2) is 7.20. The van der Waals surface area contributed by atoms with Crippen molar-refractivity contribution >= 4 is 16.7 Å². The first-order valence-corrected chi connectivity index (χ1v) is 7.78. The Morgan fingerprint density at radius 3 is 2.64 bits per heavy atom. The lowest BCUT2D eigenvalue weighted by Crippen LogP contribution is -2.35. The predicted molar refractivity (Wildman–Crippen MR) is 87.4 cm³/mol. The maximum absolute atomic E-state index is 12.5. The van der Waals surface area contributed by atoms with Crippen LogP contribution in [0.5, 0.6) is 0 Å². The highest BCUT2D eigenvalue weighted by molar-refractivity contribution is 5.82. The van der Waals surface area contributed by atoms with Gasteiger partial charge in [0, 0.05) is 13.0 Å². The third-order valence-corrected chi connectivity index (χ3v) is 3.73. The first-order chi connectivity index (χ1) is 10.5. The summed E-state index contributed by atoms with van der Waals surface area (Å²) in [5, 5.41) is 0.467. The molecule has 0 spiro atoms. The molecule has 0 aliphatic heterocycles. The minimum Gasteiger partial charge on any atom is -0.307 e. The molecule has 2 aromatic rings. The van der Waals surface area contributed by atoms with Crippen LogP contribution in [0.4, 0.5) is 0 Å². The average molecular weight is 302 g/mol. The number of carbonyl (C=O) groups excluding carboxylic acids is 1. The van der Waals surface area contributed by atoms with Gasteiger partial charge in [0.15, 0.2) is 0 Å². The Balaban J connectivity index is 2.38. The van der Waals surface area contributed by atoms with Crippen molar-refractivity contribution in [2.45, 2.75) is 52.5 Å². The van der Waals surface area contributed by atoms with Gasteiger partial charge in [-0.25, -0.2) is 4.79 Å². The van der Waals surface area contributed by atoms with Crippen molar-refractivity contribution in [2.24, 2.45) is 0 Å². The summed E-state index contributed by atoms with van der Waals surface area (Å²) in [4.78, 5) is 38.5. The largest absolute Gasteiger partial charge is 0.328 e. The number of nitrogens with zero attached hydrogens (tertiary/aromatic N) is 1. The fourth-order valence-corrected chi connectivity index (χ4v) is 2.59. The van der Waals surface area contributed by atoms with E-state index in [0.717, 1.165) is 31.2 Å². The maximum atomic E-state index is 12.5. The summed E-state index contributed by atoms with van der Waals surface area (Å²) in [5.41, 5.74) is 0.669. The lowest BCUT2D eigenvalue weighted by Gasteiger charge is -2.07. The van der Waals surface area contributed by atoms with E-state index >= 15 is 0 Å². The summed E-state index contributed by atoms with van der Waals surface area (Å²) in [6.07, 6.45) is 4.33. The van der Waals surface area contributed by atoms with Crippen molar-refractivity contribution in [3.63, 3.8) is 0 Å². The van der Waals surface area contributed by atoms with Gasteiger partial charge in [0.25, 0.3) is 5.56 Å². The molecule has 0 atom stereocenters. The molecule has 0 unspecified atom stereocenters. The molecule has 0 fully saturated rings. The first kappa shape index (κ1) is 16.2. The van der Waals surface area contributed by atoms with Crippen molar-refractivity contribution in [3.05, 3.63) is 44.6 Å². The molecule has 1 aromatic heterocycles. The molecule has 0 saturated heterocycles. The molecule has 1 N–H and O–H groups in total. The van der Waals surface area contributed by atoms with Crippen LogP contribution in [0.15, 0.2) is 27.8 Å². The van der Waals surface area contributed by atoms with Crippen LogP contribution >= 0.6 is 0 Å². The Hall–Kier alpha value is -2.17. The monoisotopic (exact) mass is 302 g/mol. The van der Waals surface area contributed by atoms with Crippen molar-refractivity contribution in [1.29, 1.82) is 0 Å². The van der Waals surface area contributed by atoms with E-state index in [-0.39, 0.29) is 17.0 Å². The quantitative estimate of drug-likeness (QED) is 0.798. The van der Waals surface area contributed by atoms with E-state index in [2.05, 4.69) is 11.9 Å². The fourth-order valence-electron chi connectivity index (χ4n) is 2.59. The zero-order chi connectivity index (χ0) is 16.1. The average Bonchev–Trinajstić information content (AvgIpc) is 2.46. The first-order valence-electron chi connectivity index (χ1n) is 7.78. The van der Waals surface area contributed by atoms with Gasteiger partial charge in [0.2, 0.25) is 0 Å². The topological polar surface area (TPSA) is 71.9 Å². The lowest BCUT2D eigenvalue weighted by molar-refractivity contribution is -0.116. The number of H-pyrrole nitrogens is 1. The second-order valence-electron chi connectivity index (χ2n) is 5.71. The minimum atomic E-state index is -0.367. The zero-order valence-electron chi connectivity index (χ0n) is 13.1. The van der Waals surface area contributed by atoms with Gasteiger partial charge in [-0.2, -0.15) is 0 Å². The number of fused-ring (bicyclic) bond motifs is 1. The van der Waals surface area contributed by atoms with Crippen LogP contribution in [-0.4, -0.2) is 15.3 Å². The second-order valence-corrected chi connectivity index (χ2v) is 5.71. The van der Waals surface area contributed by atoms with Crippen LogP contribution in [0.25, 0.3) is 10.9 Å². The molecule has 1 aromatic carbocycles. The van der Waals surface area contributed by atoms with Crippen molar-refractivity contribution in [3.8, 4) is 0 Å². The number of rotatable bonds is 7. The number of Topliss-reactive ketones (excluding diaryl/α,β-unsaturated/α-hetero) is 1. The Morgan fingerprint density at radius 1 is 1.18 bits per heavy atom. The number of nitrogens with one attached hydrogen (secondary N) is 1. The molecule has 0 saturated carbocycles. The van der Waals surface area contributed by atoms with Gasteiger partial charge >= 0.3 is 5.69 Å². The number of hydrogen-bond donors (Lipinski definition) is 1. The van der Waals surface area contributed by atoms with Crippen LogP contribution in [-0.2, 0) is 17.8 Å². The predicted octanol–water partition coefficient (Wildman–Crippen LogP) is 2.40. The molecule has 5 heteroatoms. The molecule has 0 radical (unpaired) electrons. The molecular weight excluding hydrogens is 280 g/mol. The molecule has 118 valence electrons. The SMILES string of the molecule is CCCCCCn1c(=O)[nH]c2ccc(CC(C)=O)cc2c1=O. The van der Waals surface area contributed by atoms with Crippen LogP contribution in [0.1, 0.15) is 45.1 Å². The summed E-state index contributed by atoms with van der Waals surface area (Å²) in [7, 11) is 0. The van der Waals surface area contributed by atoms with E-state index in [1.54, 1.807) is 18.2 Å². The number of benzene rings is 1. The van der Waals surface area contributed by atoms with Gasteiger partial charge in [0.05, 0.1) is 10.9 Å². The number of unbranched alkanes of at least 4 members (excludes halogenated alkanes) is 3. The van der Waals surface area contributed by atoms with Crippen LogP contribution < -0.4 is 11.2 Å². The van der Waals surface area contributed by atoms with E-state index in [9.17, 15) is 14.4 Å². The highest BCUT2D eigenvalue weighted by Crippen LogP contribution is 2.10. The number of hydrogen-bond acceptors (Lipinski definition) is 3. The minimum absolute atomic E-state index is 0.0451. The molecule has 0 bridgehead atoms. The summed E-state index contributed by atoms with van der Waals surface area (Å²) in [6.45, 7) is 4.07. The van der Waals surface area contributed by atoms with Gasteiger partial charge < -0.3 is 4.98 Å². The Bertz CT molecular complexity index is 787. The Labute approximate surface area is 129 Å². The Morgan fingerprint density at radius 2 is 1.95 bits per heavy atom. The van der Waals surface area contributed by atoms with Gasteiger partial charge in [-0.05, 0) is 31.0 Å². The summed E-state index contributed by atoms with van der Waals surface area (Å²) < 4.78 is 1.26. The van der Waals surface area contributed by atoms with Gasteiger partial charge in [-0.15, -0.1) is 0 Å². The highest BCUT2D eigenvalue weighted by atomic mass is 16.2. The van der Waals surface area contributed by atoms with Gasteiger partial charge in [-0.1, -0.05) is 32.3 Å². The number of carbonyl (C=O) groups is 1. The summed E-state index contributed by atoms with van der Waals surface area (Å²) >= 11 is 0. The van der Waals surface area contributed by atoms with Crippen LogP contribution in [0, 0.1) is 0 Å². The molecule has 5 nitrogen and oxygen atoms in total. The number of ketones is 1. The van der Waals surface area contributed by atoms with E-state index in [1.165, 1.54) is 11.5 Å². The summed E-state index contributed by atoms with van der Waals surface area (Å²) in [6, 6.07) is 5.17. The third kappa shape index (κ3) is 3.72. The molecule has 0 amide bonds. The van der Waals surface area contributed by atoms with Crippen LogP contribution in [0.2, 0.25) is 0 Å². The number of aromatic nitrogens is 2. The van der Waals surface area contributed by atoms with E-state index < -0.39 is 0 Å². The molecule has 2 rings (SSSR count). The molecular formula is C17H22N2O3. The highest BCUT2D eigenvalue weighted by Gasteiger charge is 2.09. The van der Waals surface area contributed by atoms with E-state index in [0.29, 0.717) is 23.9 Å². The zero-order valence-corrected chi connectivity index (χ0v) is 13.1. The molecule has 22 heavy (non-hydrogen) atoms.